The Morgan fingerprint density at radius 3 is 2.08 bits per heavy atom. The molecule has 4 nitrogen and oxygen atoms in total. The molecule has 0 N–H and O–H groups in total. The summed E-state index contributed by atoms with van der Waals surface area (Å²) in [5.41, 5.74) is 11.2. The van der Waals surface area contributed by atoms with Crippen molar-refractivity contribution in [3.8, 4) is 45.0 Å². The van der Waals surface area contributed by atoms with Gasteiger partial charge in [0.25, 0.3) is 0 Å². The molecule has 1 unspecified atom stereocenters. The summed E-state index contributed by atoms with van der Waals surface area (Å²) in [6.45, 7) is 15.3. The highest BCUT2D eigenvalue weighted by molar-refractivity contribution is 6.15. The second kappa shape index (κ2) is 11.9. The summed E-state index contributed by atoms with van der Waals surface area (Å²) in [6.07, 6.45) is 7.63. The monoisotopic (exact) mass is 649 g/mol. The number of hydrogen-bond donors (Lipinski definition) is 0. The predicted molar refractivity (Wildman–Crippen MR) is 208 cm³/mol. The first kappa shape index (κ1) is 31.4. The lowest BCUT2D eigenvalue weighted by molar-refractivity contribution is 0.256. The van der Waals surface area contributed by atoms with Gasteiger partial charge in [0.15, 0.2) is 17.5 Å². The van der Waals surface area contributed by atoms with Crippen LogP contribution in [0, 0.1) is 5.41 Å². The minimum Gasteiger partial charge on any atom is -0.455 e. The first-order chi connectivity index (χ1) is 24.2. The van der Waals surface area contributed by atoms with Crippen LogP contribution in [0.5, 0.6) is 0 Å². The van der Waals surface area contributed by atoms with Crippen LogP contribution in [0.1, 0.15) is 51.6 Å². The molecular weight excluding hydrogens is 611 g/mol. The number of rotatable bonds is 6. The molecule has 2 heterocycles. The van der Waals surface area contributed by atoms with Crippen LogP contribution in [0.15, 0.2) is 144 Å². The second-order valence-electron chi connectivity index (χ2n) is 14.3. The van der Waals surface area contributed by atoms with E-state index in [9.17, 15) is 0 Å². The van der Waals surface area contributed by atoms with E-state index in [2.05, 4.69) is 125 Å². The molecule has 1 aliphatic carbocycles. The Hall–Kier alpha value is -5.87. The molecule has 4 heteroatoms. The Bertz CT molecular complexity index is 2510. The van der Waals surface area contributed by atoms with Crippen molar-refractivity contribution < 1.29 is 4.42 Å². The Labute approximate surface area is 293 Å². The maximum absolute atomic E-state index is 6.85. The number of fused-ring (bicyclic) bond motifs is 7. The lowest BCUT2D eigenvalue weighted by Crippen LogP contribution is -2.36. The summed E-state index contributed by atoms with van der Waals surface area (Å²) >= 11 is 0. The summed E-state index contributed by atoms with van der Waals surface area (Å²) in [6, 6.07) is 38.2. The van der Waals surface area contributed by atoms with E-state index in [1.54, 1.807) is 6.08 Å². The van der Waals surface area contributed by atoms with Crippen molar-refractivity contribution in [1.82, 2.24) is 15.0 Å². The standard InChI is InChI=1S/C46H39N3O/c1-7-8-10-19-29(2)42-47-43(33-24-14-13-22-31(33)30-20-11-9-12-21-30)49-44(48-42)36-28-35-32-23-15-17-26-37(32)46(6,45(3,4)5)40(35)39-34-25-16-18-27-38(34)50-41(36)39/h7-28H,1H2,2-6H3/b10-8-,29-19+. The van der Waals surface area contributed by atoms with Crippen molar-refractivity contribution in [2.45, 2.75) is 40.0 Å². The quantitative estimate of drug-likeness (QED) is 0.168. The zero-order valence-electron chi connectivity index (χ0n) is 29.2. The molecule has 8 rings (SSSR count). The molecule has 2 aromatic heterocycles. The highest BCUT2D eigenvalue weighted by Gasteiger charge is 2.49. The van der Waals surface area contributed by atoms with Crippen molar-refractivity contribution >= 4 is 27.5 Å². The normalized spacial score (nSPS) is 15.9. The molecule has 0 spiro atoms. The Balaban J connectivity index is 1.48. The summed E-state index contributed by atoms with van der Waals surface area (Å²) < 4.78 is 6.85. The highest BCUT2D eigenvalue weighted by Crippen LogP contribution is 2.60. The van der Waals surface area contributed by atoms with E-state index in [0.29, 0.717) is 17.5 Å². The summed E-state index contributed by atoms with van der Waals surface area (Å²) in [5.74, 6) is 1.78. The van der Waals surface area contributed by atoms with Crippen LogP contribution in [0.3, 0.4) is 0 Å². The fourth-order valence-corrected chi connectivity index (χ4v) is 7.56. The van der Waals surface area contributed by atoms with E-state index in [0.717, 1.165) is 49.8 Å². The van der Waals surface area contributed by atoms with E-state index < -0.39 is 0 Å². The van der Waals surface area contributed by atoms with Gasteiger partial charge in [-0.15, -0.1) is 0 Å². The molecule has 0 aliphatic heterocycles. The third-order valence-electron chi connectivity index (χ3n) is 10.5. The first-order valence-corrected chi connectivity index (χ1v) is 17.2. The molecule has 7 aromatic rings. The Morgan fingerprint density at radius 2 is 1.34 bits per heavy atom. The lowest BCUT2D eigenvalue weighted by atomic mass is 9.62. The van der Waals surface area contributed by atoms with Crippen LogP contribution in [0.25, 0.3) is 72.5 Å². The van der Waals surface area contributed by atoms with E-state index in [-0.39, 0.29) is 10.8 Å². The van der Waals surface area contributed by atoms with Crippen molar-refractivity contribution in [3.05, 3.63) is 157 Å². The number of para-hydroxylation sites is 1. The minimum atomic E-state index is -0.275. The van der Waals surface area contributed by atoms with Crippen molar-refractivity contribution in [3.63, 3.8) is 0 Å². The maximum atomic E-state index is 6.85. The van der Waals surface area contributed by atoms with Crippen LogP contribution >= 0.6 is 0 Å². The molecule has 0 fully saturated rings. The average molecular weight is 650 g/mol. The molecule has 0 bridgehead atoms. The molecule has 244 valence electrons. The lowest BCUT2D eigenvalue weighted by Gasteiger charge is -2.41. The van der Waals surface area contributed by atoms with Crippen LogP contribution in [-0.2, 0) is 5.41 Å². The average Bonchev–Trinajstić information content (AvgIpc) is 3.65. The zero-order valence-corrected chi connectivity index (χ0v) is 29.2. The van der Waals surface area contributed by atoms with Crippen molar-refractivity contribution in [2.24, 2.45) is 5.41 Å². The van der Waals surface area contributed by atoms with Gasteiger partial charge in [0.1, 0.15) is 11.2 Å². The predicted octanol–water partition coefficient (Wildman–Crippen LogP) is 12.2. The molecule has 0 saturated carbocycles. The number of benzene rings is 5. The molecule has 50 heavy (non-hydrogen) atoms. The van der Waals surface area contributed by atoms with Gasteiger partial charge in [0, 0.05) is 21.8 Å². The molecule has 1 atom stereocenters. The topological polar surface area (TPSA) is 51.8 Å². The maximum Gasteiger partial charge on any atom is 0.167 e. The van der Waals surface area contributed by atoms with E-state index >= 15 is 0 Å². The summed E-state index contributed by atoms with van der Waals surface area (Å²) in [4.78, 5) is 15.6. The molecule has 0 amide bonds. The molecule has 0 saturated heterocycles. The number of furan rings is 1. The third-order valence-corrected chi connectivity index (χ3v) is 10.5. The van der Waals surface area contributed by atoms with Crippen molar-refractivity contribution in [2.75, 3.05) is 0 Å². The Morgan fingerprint density at radius 1 is 0.700 bits per heavy atom. The SMILES string of the molecule is C=C/C=C\C=C(/C)c1nc(-c2ccccc2-c2ccccc2)nc(-c2cc3c(c4c2oc2ccccc24)C(C)(C(C)(C)C)c2ccccc2-3)n1. The smallest absolute Gasteiger partial charge is 0.167 e. The van der Waals surface area contributed by atoms with Gasteiger partial charge in [-0.1, -0.05) is 156 Å². The van der Waals surface area contributed by atoms with Crippen LogP contribution in [0.2, 0.25) is 0 Å². The molecule has 0 radical (unpaired) electrons. The van der Waals surface area contributed by atoms with E-state index in [4.69, 9.17) is 19.4 Å². The van der Waals surface area contributed by atoms with Gasteiger partial charge in [0.05, 0.1) is 5.56 Å². The van der Waals surface area contributed by atoms with Crippen LogP contribution < -0.4 is 0 Å². The van der Waals surface area contributed by atoms with Gasteiger partial charge in [-0.05, 0) is 63.4 Å². The fourth-order valence-electron chi connectivity index (χ4n) is 7.56. The number of nitrogens with zero attached hydrogens (tertiary/aromatic N) is 3. The van der Waals surface area contributed by atoms with Gasteiger partial charge in [0.2, 0.25) is 0 Å². The summed E-state index contributed by atoms with van der Waals surface area (Å²) in [5, 5.41) is 2.22. The third kappa shape index (κ3) is 4.86. The number of aromatic nitrogens is 3. The minimum absolute atomic E-state index is 0.0866. The fraction of sp³-hybridized carbons (Fsp3) is 0.152. The van der Waals surface area contributed by atoms with Gasteiger partial charge >= 0.3 is 0 Å². The molecular formula is C46H39N3O. The molecule has 1 aliphatic rings. The Kier molecular flexibility index (Phi) is 7.49. The van der Waals surface area contributed by atoms with Crippen molar-refractivity contribution in [1.29, 1.82) is 0 Å². The number of hydrogen-bond acceptors (Lipinski definition) is 4. The second-order valence-corrected chi connectivity index (χ2v) is 14.3. The first-order valence-electron chi connectivity index (χ1n) is 17.2. The summed E-state index contributed by atoms with van der Waals surface area (Å²) in [7, 11) is 0. The van der Waals surface area contributed by atoms with Gasteiger partial charge < -0.3 is 4.42 Å². The van der Waals surface area contributed by atoms with Crippen LogP contribution in [-0.4, -0.2) is 15.0 Å². The van der Waals surface area contributed by atoms with Gasteiger partial charge in [-0.3, -0.25) is 0 Å². The largest absolute Gasteiger partial charge is 0.455 e. The highest BCUT2D eigenvalue weighted by atomic mass is 16.3. The van der Waals surface area contributed by atoms with Gasteiger partial charge in [-0.25, -0.2) is 15.0 Å². The van der Waals surface area contributed by atoms with Gasteiger partial charge in [-0.2, -0.15) is 0 Å². The van der Waals surface area contributed by atoms with E-state index in [1.807, 2.05) is 43.4 Å². The zero-order chi connectivity index (χ0) is 34.6. The molecule has 5 aromatic carbocycles. The van der Waals surface area contributed by atoms with Crippen LogP contribution in [0.4, 0.5) is 0 Å². The van der Waals surface area contributed by atoms with E-state index in [1.165, 1.54) is 22.3 Å². The number of allylic oxidation sites excluding steroid dienone is 5.